The highest BCUT2D eigenvalue weighted by Crippen LogP contribution is 2.30. The maximum atomic E-state index is 12.4. The second kappa shape index (κ2) is 6.65. The average Bonchev–Trinajstić information content (AvgIpc) is 2.42. The SMILES string of the molecule is Cc1ccccc1N(C(=O)CS(=O)O)c1ccccc1C. The van der Waals surface area contributed by atoms with Gasteiger partial charge in [-0.1, -0.05) is 36.4 Å². The fourth-order valence-electron chi connectivity index (χ4n) is 2.20. The van der Waals surface area contributed by atoms with E-state index in [4.69, 9.17) is 4.55 Å². The van der Waals surface area contributed by atoms with Crippen LogP contribution in [0.4, 0.5) is 11.4 Å². The van der Waals surface area contributed by atoms with Crippen LogP contribution in [0.2, 0.25) is 0 Å². The molecular weight excluding hydrogens is 286 g/mol. The summed E-state index contributed by atoms with van der Waals surface area (Å²) in [6.45, 7) is 3.81. The van der Waals surface area contributed by atoms with Gasteiger partial charge in [0, 0.05) is 0 Å². The molecule has 0 radical (unpaired) electrons. The average molecular weight is 303 g/mol. The molecule has 0 aromatic heterocycles. The van der Waals surface area contributed by atoms with E-state index >= 15 is 0 Å². The van der Waals surface area contributed by atoms with E-state index in [0.717, 1.165) is 22.5 Å². The largest absolute Gasteiger partial charge is 0.306 e. The van der Waals surface area contributed by atoms with Crippen LogP contribution in [0.25, 0.3) is 0 Å². The first-order valence-corrected chi connectivity index (χ1v) is 7.80. The molecule has 0 saturated carbocycles. The smallest absolute Gasteiger partial charge is 0.246 e. The number of rotatable bonds is 4. The van der Waals surface area contributed by atoms with Gasteiger partial charge in [0.25, 0.3) is 0 Å². The van der Waals surface area contributed by atoms with Crippen molar-refractivity contribution < 1.29 is 13.6 Å². The number of hydrogen-bond acceptors (Lipinski definition) is 2. The predicted molar refractivity (Wildman–Crippen MR) is 85.1 cm³/mol. The van der Waals surface area contributed by atoms with E-state index in [9.17, 15) is 9.00 Å². The van der Waals surface area contributed by atoms with Gasteiger partial charge >= 0.3 is 0 Å². The molecule has 1 unspecified atom stereocenters. The Hall–Kier alpha value is -1.98. The van der Waals surface area contributed by atoms with Gasteiger partial charge in [-0.15, -0.1) is 0 Å². The van der Waals surface area contributed by atoms with Gasteiger partial charge in [0.15, 0.2) is 11.1 Å². The summed E-state index contributed by atoms with van der Waals surface area (Å²) < 4.78 is 20.0. The van der Waals surface area contributed by atoms with Crippen LogP contribution in [-0.4, -0.2) is 20.4 Å². The summed E-state index contributed by atoms with van der Waals surface area (Å²) in [6.07, 6.45) is 0. The molecule has 4 nitrogen and oxygen atoms in total. The summed E-state index contributed by atoms with van der Waals surface area (Å²) in [7, 11) is 0. The topological polar surface area (TPSA) is 57.6 Å². The molecule has 2 aromatic rings. The number of aryl methyl sites for hydroxylation is 2. The zero-order valence-electron chi connectivity index (χ0n) is 11.9. The van der Waals surface area contributed by atoms with E-state index in [-0.39, 0.29) is 0 Å². The van der Waals surface area contributed by atoms with Crippen LogP contribution in [0.3, 0.4) is 0 Å². The highest BCUT2D eigenvalue weighted by Gasteiger charge is 2.22. The van der Waals surface area contributed by atoms with Crippen molar-refractivity contribution in [1.82, 2.24) is 0 Å². The van der Waals surface area contributed by atoms with Crippen LogP contribution in [0.1, 0.15) is 11.1 Å². The third kappa shape index (κ3) is 3.56. The summed E-state index contributed by atoms with van der Waals surface area (Å²) >= 11 is -2.17. The molecule has 1 N–H and O–H groups in total. The highest BCUT2D eigenvalue weighted by molar-refractivity contribution is 7.80. The van der Waals surface area contributed by atoms with Gasteiger partial charge in [-0.05, 0) is 37.1 Å². The Morgan fingerprint density at radius 2 is 1.43 bits per heavy atom. The van der Waals surface area contributed by atoms with Gasteiger partial charge in [0.2, 0.25) is 5.91 Å². The molecule has 0 fully saturated rings. The number of amides is 1. The minimum atomic E-state index is -2.17. The van der Waals surface area contributed by atoms with Crippen molar-refractivity contribution in [3.05, 3.63) is 59.7 Å². The lowest BCUT2D eigenvalue weighted by molar-refractivity contribution is -0.115. The standard InChI is InChI=1S/C16H17NO3S/c1-12-7-3-5-9-14(12)17(16(18)11-21(19)20)15-10-6-4-8-13(15)2/h3-10H,11H2,1-2H3,(H,19,20). The molecule has 110 valence electrons. The molecule has 0 heterocycles. The third-order valence-corrected chi connectivity index (χ3v) is 3.70. The molecule has 2 rings (SSSR count). The van der Waals surface area contributed by atoms with E-state index < -0.39 is 22.7 Å². The molecule has 0 aliphatic carbocycles. The highest BCUT2D eigenvalue weighted by atomic mass is 32.2. The van der Waals surface area contributed by atoms with Crippen LogP contribution >= 0.6 is 0 Å². The van der Waals surface area contributed by atoms with E-state index in [0.29, 0.717) is 0 Å². The Labute approximate surface area is 126 Å². The van der Waals surface area contributed by atoms with Gasteiger partial charge in [-0.3, -0.25) is 9.69 Å². The number of benzene rings is 2. The molecular formula is C16H17NO3S. The van der Waals surface area contributed by atoms with Crippen LogP contribution in [0.15, 0.2) is 48.5 Å². The lowest BCUT2D eigenvalue weighted by Crippen LogP contribution is -2.31. The van der Waals surface area contributed by atoms with E-state index in [1.165, 1.54) is 4.90 Å². The number of anilines is 2. The lowest BCUT2D eigenvalue weighted by Gasteiger charge is -2.25. The molecule has 0 bridgehead atoms. The van der Waals surface area contributed by atoms with Crippen LogP contribution in [0, 0.1) is 13.8 Å². The summed E-state index contributed by atoms with van der Waals surface area (Å²) in [5.74, 6) is -0.831. The fourth-order valence-corrected chi connectivity index (χ4v) is 2.54. The molecule has 5 heteroatoms. The third-order valence-electron chi connectivity index (χ3n) is 3.21. The molecule has 1 atom stereocenters. The Kier molecular flexibility index (Phi) is 4.88. The van der Waals surface area contributed by atoms with Crippen molar-refractivity contribution in [2.75, 3.05) is 10.7 Å². The zero-order valence-corrected chi connectivity index (χ0v) is 12.8. The van der Waals surface area contributed by atoms with Gasteiger partial charge in [0.05, 0.1) is 11.4 Å². The van der Waals surface area contributed by atoms with Crippen molar-refractivity contribution in [2.45, 2.75) is 13.8 Å². The number of nitrogens with zero attached hydrogens (tertiary/aromatic N) is 1. The van der Waals surface area contributed by atoms with Gasteiger partial charge in [0.1, 0.15) is 5.75 Å². The monoisotopic (exact) mass is 303 g/mol. The number of para-hydroxylation sites is 2. The maximum Gasteiger partial charge on any atom is 0.246 e. The van der Waals surface area contributed by atoms with Crippen LogP contribution in [-0.2, 0) is 15.9 Å². The molecule has 21 heavy (non-hydrogen) atoms. The molecule has 0 saturated heterocycles. The minimum Gasteiger partial charge on any atom is -0.306 e. The number of hydrogen-bond donors (Lipinski definition) is 1. The fraction of sp³-hybridized carbons (Fsp3) is 0.188. The van der Waals surface area contributed by atoms with Crippen molar-refractivity contribution in [2.24, 2.45) is 0 Å². The first-order chi connectivity index (χ1) is 10.0. The van der Waals surface area contributed by atoms with Crippen molar-refractivity contribution in [1.29, 1.82) is 0 Å². The molecule has 0 aliphatic rings. The van der Waals surface area contributed by atoms with Crippen molar-refractivity contribution in [3.63, 3.8) is 0 Å². The van der Waals surface area contributed by atoms with Crippen LogP contribution < -0.4 is 4.90 Å². The number of carbonyl (C=O) groups excluding carboxylic acids is 1. The van der Waals surface area contributed by atoms with Gasteiger partial charge in [-0.25, -0.2) is 4.21 Å². The summed E-state index contributed by atoms with van der Waals surface area (Å²) in [5.41, 5.74) is 3.31. The first kappa shape index (κ1) is 15.4. The summed E-state index contributed by atoms with van der Waals surface area (Å²) in [6, 6.07) is 15.0. The second-order valence-electron chi connectivity index (χ2n) is 4.77. The normalized spacial score (nSPS) is 12.0. The molecule has 1 amide bonds. The summed E-state index contributed by atoms with van der Waals surface area (Å²) in [5, 5.41) is 0. The Morgan fingerprint density at radius 3 is 1.81 bits per heavy atom. The molecule has 2 aromatic carbocycles. The van der Waals surface area contributed by atoms with Crippen molar-refractivity contribution in [3.8, 4) is 0 Å². The van der Waals surface area contributed by atoms with Gasteiger partial charge < -0.3 is 4.55 Å². The predicted octanol–water partition coefficient (Wildman–Crippen LogP) is 3.19. The minimum absolute atomic E-state index is 0.403. The Bertz CT molecular complexity index is 639. The number of carbonyl (C=O) groups is 1. The zero-order chi connectivity index (χ0) is 15.4. The van der Waals surface area contributed by atoms with Gasteiger partial charge in [-0.2, -0.15) is 0 Å². The van der Waals surface area contributed by atoms with E-state index in [1.54, 1.807) is 0 Å². The Morgan fingerprint density at radius 1 is 1.00 bits per heavy atom. The van der Waals surface area contributed by atoms with E-state index in [2.05, 4.69) is 0 Å². The summed E-state index contributed by atoms with van der Waals surface area (Å²) in [4.78, 5) is 13.9. The second-order valence-corrected chi connectivity index (χ2v) is 5.70. The molecule has 0 spiro atoms. The quantitative estimate of drug-likeness (QED) is 0.883. The molecule has 0 aliphatic heterocycles. The van der Waals surface area contributed by atoms with Crippen LogP contribution in [0.5, 0.6) is 0 Å². The Balaban J connectivity index is 2.55. The first-order valence-electron chi connectivity index (χ1n) is 6.52. The lowest BCUT2D eigenvalue weighted by atomic mass is 10.1. The van der Waals surface area contributed by atoms with Crippen molar-refractivity contribution >= 4 is 28.4 Å². The van der Waals surface area contributed by atoms with E-state index in [1.807, 2.05) is 62.4 Å². The maximum absolute atomic E-state index is 12.4.